The van der Waals surface area contributed by atoms with E-state index in [1.54, 1.807) is 65.7 Å². The summed E-state index contributed by atoms with van der Waals surface area (Å²) >= 11 is 0. The van der Waals surface area contributed by atoms with Crippen molar-refractivity contribution >= 4 is 76.5 Å². The van der Waals surface area contributed by atoms with Gasteiger partial charge < -0.3 is 52.6 Å². The van der Waals surface area contributed by atoms with E-state index in [4.69, 9.17) is 16.2 Å². The number of benzene rings is 2. The molecule has 0 saturated heterocycles. The van der Waals surface area contributed by atoms with Crippen molar-refractivity contribution < 1.29 is 43.1 Å². The minimum Gasteiger partial charge on any atom is -0.445 e. The normalized spacial score (nSPS) is 14.6. The second-order valence-corrected chi connectivity index (χ2v) is 19.5. The van der Waals surface area contributed by atoms with E-state index in [0.717, 1.165) is 43.4 Å². The largest absolute Gasteiger partial charge is 0.445 e. The number of carbonyl (C=O) groups excluding carboxylic acids is 8. The van der Waals surface area contributed by atoms with Crippen LogP contribution >= 0.6 is 0 Å². The molecule has 3 aliphatic heterocycles. The maximum absolute atomic E-state index is 13.7. The van der Waals surface area contributed by atoms with E-state index in [-0.39, 0.29) is 67.9 Å². The first-order valence-corrected chi connectivity index (χ1v) is 26.2. The Bertz CT molecular complexity index is 2680. The Balaban J connectivity index is 0.980. The van der Waals surface area contributed by atoms with Crippen molar-refractivity contribution in [3.63, 3.8) is 0 Å². The van der Waals surface area contributed by atoms with Crippen LogP contribution in [0, 0.1) is 5.92 Å². The maximum Gasteiger partial charge on any atom is 0.410 e. The third-order valence-corrected chi connectivity index (χ3v) is 13.1. The molecule has 76 heavy (non-hydrogen) atoms. The van der Waals surface area contributed by atoms with Crippen molar-refractivity contribution in [2.75, 3.05) is 49.9 Å². The molecule has 21 heteroatoms. The first kappa shape index (κ1) is 57.3. The van der Waals surface area contributed by atoms with Crippen LogP contribution < -0.4 is 38.1 Å². The fraction of sp³-hybridized carbons (Fsp3) is 0.455. The summed E-state index contributed by atoms with van der Waals surface area (Å²) < 4.78 is 5.69. The molecule has 3 aromatic rings. The average molecular weight is 1050 g/mol. The highest BCUT2D eigenvalue weighted by atomic mass is 16.6. The number of nitrogens with one attached hydrogen (secondary N) is 5. The van der Waals surface area contributed by atoms with Gasteiger partial charge in [-0.3, -0.25) is 38.7 Å². The molecule has 9 amide bonds. The van der Waals surface area contributed by atoms with E-state index in [1.807, 2.05) is 32.6 Å². The number of primary amides is 1. The molecule has 0 saturated carbocycles. The third-order valence-electron chi connectivity index (χ3n) is 13.1. The topological polar surface area (TPSA) is 293 Å². The van der Waals surface area contributed by atoms with Gasteiger partial charge in [0.25, 0.3) is 17.7 Å². The first-order valence-electron chi connectivity index (χ1n) is 26.2. The Hall–Kier alpha value is -7.94. The van der Waals surface area contributed by atoms with Crippen molar-refractivity contribution in [2.45, 2.75) is 117 Å². The van der Waals surface area contributed by atoms with Crippen molar-refractivity contribution in [2.24, 2.45) is 22.4 Å². The lowest BCUT2D eigenvalue weighted by atomic mass is 10.0. The number of aliphatic imine (C=N–C) groups is 1. The number of aromatic nitrogens is 1. The quantitative estimate of drug-likeness (QED) is 0.0392. The Morgan fingerprint density at radius 2 is 1.57 bits per heavy atom. The summed E-state index contributed by atoms with van der Waals surface area (Å²) in [5.41, 5.74) is 16.7. The molecule has 0 spiro atoms. The Labute approximate surface area is 443 Å². The Kier molecular flexibility index (Phi) is 21.2. The van der Waals surface area contributed by atoms with Crippen molar-refractivity contribution in [3.05, 3.63) is 100 Å². The van der Waals surface area contributed by atoms with Crippen molar-refractivity contribution in [1.82, 2.24) is 35.6 Å². The van der Waals surface area contributed by atoms with Crippen LogP contribution in [0.15, 0.2) is 77.4 Å². The summed E-state index contributed by atoms with van der Waals surface area (Å²) in [7, 11) is 0. The fourth-order valence-corrected chi connectivity index (χ4v) is 9.07. The molecule has 2 aromatic carbocycles. The minimum absolute atomic E-state index is 0.0434. The summed E-state index contributed by atoms with van der Waals surface area (Å²) in [5, 5.41) is 14.5. The van der Waals surface area contributed by atoms with Crippen molar-refractivity contribution in [3.8, 4) is 0 Å². The second kappa shape index (κ2) is 28.1. The van der Waals surface area contributed by atoms with E-state index < -0.39 is 36.0 Å². The molecule has 0 unspecified atom stereocenters. The summed E-state index contributed by atoms with van der Waals surface area (Å²) in [6, 6.07) is 11.4. The third kappa shape index (κ3) is 16.5. The van der Waals surface area contributed by atoms with E-state index in [1.165, 1.54) is 17.1 Å². The molecule has 1 aromatic heterocycles. The molecule has 0 radical (unpaired) electrons. The number of unbranched alkanes of at least 4 members (excludes halogenated alkanes) is 3. The van der Waals surface area contributed by atoms with Gasteiger partial charge in [-0.15, -0.1) is 0 Å². The van der Waals surface area contributed by atoms with Gasteiger partial charge in [0.05, 0.1) is 30.2 Å². The molecule has 6 rings (SSSR count). The van der Waals surface area contributed by atoms with Gasteiger partial charge in [-0.1, -0.05) is 58.7 Å². The van der Waals surface area contributed by atoms with Gasteiger partial charge in [-0.2, -0.15) is 0 Å². The smallest absolute Gasteiger partial charge is 0.410 e. The standard InChI is InChI=1S/C55H72N12O9/c1-5-24-65(25-6-2)53(73)39-28-37-15-16-38(30-45(37)63-46(56)31-39)50(70)62-42-29-40-33-66(27-21-43(40)60-32-42)55(75)76-34-36-13-17-41(18-14-36)61-51(71)44(12-11-23-59-54(57)74)64-52(72)49(35(3)4)58-22-9-7-8-10-26-67-47(68)19-20-48(67)69/h13-20,28-30,32,35,44,49,58H,5-12,21-27,31,33-34H2,1-4H3,(H2,56,63)(H,61,71)(H,62,70)(H,64,72)(H3,57,59,74)/t44-,49-/m0/s1. The molecule has 21 nitrogen and oxygen atoms in total. The maximum atomic E-state index is 13.7. The Morgan fingerprint density at radius 3 is 2.26 bits per heavy atom. The number of ether oxygens (including phenoxy) is 1. The molecule has 0 fully saturated rings. The van der Waals surface area contributed by atoms with Gasteiger partial charge in [0.2, 0.25) is 17.7 Å². The lowest BCUT2D eigenvalue weighted by Crippen LogP contribution is -2.53. The van der Waals surface area contributed by atoms with E-state index in [0.29, 0.717) is 91.3 Å². The van der Waals surface area contributed by atoms with Gasteiger partial charge in [0.1, 0.15) is 18.5 Å². The van der Waals surface area contributed by atoms with Gasteiger partial charge in [0, 0.05) is 85.8 Å². The monoisotopic (exact) mass is 1040 g/mol. The number of hydrogen-bond donors (Lipinski definition) is 7. The van der Waals surface area contributed by atoms with E-state index >= 15 is 0 Å². The molecular formula is C55H72N12O9. The number of nitrogens with two attached hydrogens (primary N) is 2. The molecule has 3 aliphatic rings. The van der Waals surface area contributed by atoms with Crippen LogP contribution in [0.3, 0.4) is 0 Å². The zero-order chi connectivity index (χ0) is 54.7. The number of carbonyl (C=O) groups is 8. The summed E-state index contributed by atoms with van der Waals surface area (Å²) in [4.78, 5) is 116. The number of imide groups is 1. The number of pyridine rings is 1. The van der Waals surface area contributed by atoms with Crippen LogP contribution in [0.1, 0.15) is 118 Å². The van der Waals surface area contributed by atoms with Crippen LogP contribution in [-0.2, 0) is 48.3 Å². The first-order chi connectivity index (χ1) is 36.5. The predicted molar refractivity (Wildman–Crippen MR) is 289 cm³/mol. The van der Waals surface area contributed by atoms with Crippen LogP contribution in [0.25, 0.3) is 6.08 Å². The molecule has 4 heterocycles. The van der Waals surface area contributed by atoms with Crippen molar-refractivity contribution in [1.29, 1.82) is 0 Å². The molecule has 0 bridgehead atoms. The SMILES string of the molecule is CCCN(CCC)C(=O)C1=Cc2ccc(C(=O)Nc3cnc4c(c3)CN(C(=O)OCc3ccc(NC(=O)[C@H](CCCNC(N)=O)NC(=O)[C@@H](NCCCCCCN5C(=O)C=CC5=O)C(C)C)cc3)CC4)cc2N=C(N)C1. The second-order valence-electron chi connectivity index (χ2n) is 19.5. The fourth-order valence-electron chi connectivity index (χ4n) is 9.07. The lowest BCUT2D eigenvalue weighted by molar-refractivity contribution is -0.137. The number of urea groups is 1. The predicted octanol–water partition coefficient (Wildman–Crippen LogP) is 5.42. The number of rotatable bonds is 26. The molecule has 406 valence electrons. The van der Waals surface area contributed by atoms with Crippen LogP contribution in [0.4, 0.5) is 26.7 Å². The lowest BCUT2D eigenvalue weighted by Gasteiger charge is -2.28. The number of nitrogens with zero attached hydrogens (tertiary/aromatic N) is 5. The molecule has 9 N–H and O–H groups in total. The highest BCUT2D eigenvalue weighted by Gasteiger charge is 2.29. The van der Waals surface area contributed by atoms with E-state index in [9.17, 15) is 38.4 Å². The average Bonchev–Trinajstić information content (AvgIpc) is 3.61. The zero-order valence-electron chi connectivity index (χ0n) is 44.0. The summed E-state index contributed by atoms with van der Waals surface area (Å²) in [6.07, 6.45) is 11.4. The number of fused-ring (bicyclic) bond motifs is 2. The van der Waals surface area contributed by atoms with Gasteiger partial charge >= 0.3 is 12.1 Å². The van der Waals surface area contributed by atoms with Gasteiger partial charge in [-0.05, 0) is 98.5 Å². The number of amidine groups is 1. The highest BCUT2D eigenvalue weighted by Crippen LogP contribution is 2.30. The van der Waals surface area contributed by atoms with Crippen LogP contribution in [0.2, 0.25) is 0 Å². The Morgan fingerprint density at radius 1 is 0.842 bits per heavy atom. The van der Waals surface area contributed by atoms with Crippen LogP contribution in [-0.4, -0.2) is 124 Å². The molecule has 0 aliphatic carbocycles. The van der Waals surface area contributed by atoms with Gasteiger partial charge in [0.15, 0.2) is 0 Å². The van der Waals surface area contributed by atoms with Gasteiger partial charge in [-0.25, -0.2) is 14.6 Å². The number of hydrogen-bond acceptors (Lipinski definition) is 13. The minimum atomic E-state index is -0.943. The molecule has 2 atom stereocenters. The van der Waals surface area contributed by atoms with E-state index in [2.05, 4.69) is 36.6 Å². The summed E-state index contributed by atoms with van der Waals surface area (Å²) in [5.74, 6) is -1.69. The summed E-state index contributed by atoms with van der Waals surface area (Å²) in [6.45, 7) is 10.8. The zero-order valence-corrected chi connectivity index (χ0v) is 44.0. The highest BCUT2D eigenvalue weighted by molar-refractivity contribution is 6.13. The molecular weight excluding hydrogens is 973 g/mol. The van der Waals surface area contributed by atoms with Crippen LogP contribution in [0.5, 0.6) is 0 Å². The number of amides is 9. The number of anilines is 2.